The Bertz CT molecular complexity index is 382. The number of alkyl halides is 2. The summed E-state index contributed by atoms with van der Waals surface area (Å²) in [5, 5.41) is 12.6. The SMILES string of the molecule is OC(CNCCOCC(F)F)COc1cccc(Br)c1. The van der Waals surface area contributed by atoms with Crippen molar-refractivity contribution in [1.82, 2.24) is 5.32 Å². The third kappa shape index (κ3) is 8.42. The van der Waals surface area contributed by atoms with Crippen molar-refractivity contribution in [3.63, 3.8) is 0 Å². The molecule has 2 N–H and O–H groups in total. The molecule has 0 amide bonds. The molecule has 1 aromatic rings. The molecule has 0 fully saturated rings. The van der Waals surface area contributed by atoms with Gasteiger partial charge in [0.2, 0.25) is 0 Å². The van der Waals surface area contributed by atoms with Crippen molar-refractivity contribution in [1.29, 1.82) is 0 Å². The maximum atomic E-state index is 11.8. The van der Waals surface area contributed by atoms with Crippen molar-refractivity contribution in [2.45, 2.75) is 12.5 Å². The van der Waals surface area contributed by atoms with Crippen LogP contribution in [-0.4, -0.2) is 50.5 Å². The van der Waals surface area contributed by atoms with E-state index in [1.54, 1.807) is 12.1 Å². The highest BCUT2D eigenvalue weighted by atomic mass is 79.9. The first-order valence-electron chi connectivity index (χ1n) is 6.21. The number of aliphatic hydroxyl groups excluding tert-OH is 1. The third-order valence-electron chi connectivity index (χ3n) is 2.29. The first kappa shape index (κ1) is 17.3. The van der Waals surface area contributed by atoms with E-state index in [9.17, 15) is 13.9 Å². The van der Waals surface area contributed by atoms with Crippen LogP contribution in [0.5, 0.6) is 5.75 Å². The predicted octanol–water partition coefficient (Wildman–Crippen LogP) is 2.06. The van der Waals surface area contributed by atoms with Crippen molar-refractivity contribution in [2.24, 2.45) is 0 Å². The van der Waals surface area contributed by atoms with Crippen molar-refractivity contribution < 1.29 is 23.4 Å². The minimum atomic E-state index is -2.45. The number of ether oxygens (including phenoxy) is 2. The van der Waals surface area contributed by atoms with E-state index in [-0.39, 0.29) is 13.2 Å². The van der Waals surface area contributed by atoms with Crippen LogP contribution in [0.3, 0.4) is 0 Å². The molecule has 0 aliphatic carbocycles. The minimum absolute atomic E-state index is 0.154. The smallest absolute Gasteiger partial charge is 0.261 e. The van der Waals surface area contributed by atoms with Gasteiger partial charge in [-0.25, -0.2) is 8.78 Å². The molecule has 0 radical (unpaired) electrons. The van der Waals surface area contributed by atoms with Crippen LogP contribution in [0.15, 0.2) is 28.7 Å². The summed E-state index contributed by atoms with van der Waals surface area (Å²) in [5.41, 5.74) is 0. The van der Waals surface area contributed by atoms with Gasteiger partial charge >= 0.3 is 0 Å². The van der Waals surface area contributed by atoms with Gasteiger partial charge in [0.25, 0.3) is 6.43 Å². The molecule has 1 rings (SSSR count). The van der Waals surface area contributed by atoms with Gasteiger partial charge in [0, 0.05) is 17.6 Å². The number of nitrogens with one attached hydrogen (secondary N) is 1. The van der Waals surface area contributed by atoms with E-state index >= 15 is 0 Å². The van der Waals surface area contributed by atoms with Gasteiger partial charge in [-0.1, -0.05) is 22.0 Å². The number of aliphatic hydroxyl groups is 1. The van der Waals surface area contributed by atoms with Gasteiger partial charge in [-0.05, 0) is 18.2 Å². The number of halogens is 3. The number of benzene rings is 1. The zero-order chi connectivity index (χ0) is 14.8. The summed E-state index contributed by atoms with van der Waals surface area (Å²) in [4.78, 5) is 0. The Balaban J connectivity index is 2.04. The van der Waals surface area contributed by atoms with Crippen LogP contribution < -0.4 is 10.1 Å². The first-order chi connectivity index (χ1) is 9.58. The highest BCUT2D eigenvalue weighted by Crippen LogP contribution is 2.17. The lowest BCUT2D eigenvalue weighted by atomic mass is 10.3. The van der Waals surface area contributed by atoms with Crippen LogP contribution in [0.2, 0.25) is 0 Å². The molecule has 4 nitrogen and oxygen atoms in total. The van der Waals surface area contributed by atoms with Gasteiger partial charge in [-0.15, -0.1) is 0 Å². The Labute approximate surface area is 125 Å². The van der Waals surface area contributed by atoms with E-state index < -0.39 is 19.1 Å². The fourth-order valence-corrected chi connectivity index (χ4v) is 1.77. The van der Waals surface area contributed by atoms with Gasteiger partial charge in [0.05, 0.1) is 6.61 Å². The van der Waals surface area contributed by atoms with E-state index in [0.717, 1.165) is 4.47 Å². The average Bonchev–Trinajstić information content (AvgIpc) is 2.40. The Kier molecular flexibility index (Phi) is 8.68. The van der Waals surface area contributed by atoms with Gasteiger partial charge < -0.3 is 19.9 Å². The normalized spacial score (nSPS) is 12.7. The van der Waals surface area contributed by atoms with Crippen LogP contribution in [0.4, 0.5) is 8.78 Å². The maximum Gasteiger partial charge on any atom is 0.261 e. The molecule has 0 aliphatic rings. The summed E-state index contributed by atoms with van der Waals surface area (Å²) in [7, 11) is 0. The highest BCUT2D eigenvalue weighted by molar-refractivity contribution is 9.10. The molecule has 0 heterocycles. The second-order valence-electron chi connectivity index (χ2n) is 4.09. The molecule has 0 spiro atoms. The number of hydrogen-bond donors (Lipinski definition) is 2. The summed E-state index contributed by atoms with van der Waals surface area (Å²) in [6, 6.07) is 7.32. The molecule has 114 valence electrons. The Morgan fingerprint density at radius 3 is 2.80 bits per heavy atom. The second-order valence-corrected chi connectivity index (χ2v) is 5.01. The fraction of sp³-hybridized carbons (Fsp3) is 0.538. The van der Waals surface area contributed by atoms with Crippen LogP contribution in [0.1, 0.15) is 0 Å². The molecule has 20 heavy (non-hydrogen) atoms. The third-order valence-corrected chi connectivity index (χ3v) is 2.78. The lowest BCUT2D eigenvalue weighted by molar-refractivity contribution is 0.0177. The molecule has 0 saturated carbocycles. The monoisotopic (exact) mass is 353 g/mol. The Morgan fingerprint density at radius 1 is 1.30 bits per heavy atom. The Hall–Kier alpha value is -0.760. The van der Waals surface area contributed by atoms with Crippen LogP contribution in [0.25, 0.3) is 0 Å². The van der Waals surface area contributed by atoms with Gasteiger partial charge in [-0.3, -0.25) is 0 Å². The summed E-state index contributed by atoms with van der Waals surface area (Å²) in [6.07, 6.45) is -3.12. The lowest BCUT2D eigenvalue weighted by Crippen LogP contribution is -2.33. The molecule has 0 bridgehead atoms. The van der Waals surface area contributed by atoms with Crippen LogP contribution in [0, 0.1) is 0 Å². The minimum Gasteiger partial charge on any atom is -0.491 e. The number of hydrogen-bond acceptors (Lipinski definition) is 4. The van der Waals surface area contributed by atoms with Gasteiger partial charge in [-0.2, -0.15) is 0 Å². The van der Waals surface area contributed by atoms with Crippen molar-refractivity contribution >= 4 is 15.9 Å². The van der Waals surface area contributed by atoms with Crippen molar-refractivity contribution in [3.05, 3.63) is 28.7 Å². The number of rotatable bonds is 10. The van der Waals surface area contributed by atoms with Crippen molar-refractivity contribution in [3.8, 4) is 5.75 Å². The Morgan fingerprint density at radius 2 is 2.10 bits per heavy atom. The quantitative estimate of drug-likeness (QED) is 0.632. The topological polar surface area (TPSA) is 50.7 Å². The van der Waals surface area contributed by atoms with E-state index in [0.29, 0.717) is 18.8 Å². The van der Waals surface area contributed by atoms with E-state index in [1.807, 2.05) is 12.1 Å². The summed E-state index contributed by atoms with van der Waals surface area (Å²) < 4.78 is 34.5. The predicted molar refractivity (Wildman–Crippen MR) is 75.3 cm³/mol. The zero-order valence-electron chi connectivity index (χ0n) is 10.9. The zero-order valence-corrected chi connectivity index (χ0v) is 12.5. The first-order valence-corrected chi connectivity index (χ1v) is 7.00. The summed E-state index contributed by atoms with van der Waals surface area (Å²) >= 11 is 3.32. The molecule has 7 heteroatoms. The molecular weight excluding hydrogens is 336 g/mol. The van der Waals surface area contributed by atoms with Crippen molar-refractivity contribution in [2.75, 3.05) is 32.9 Å². The lowest BCUT2D eigenvalue weighted by Gasteiger charge is -2.13. The summed E-state index contributed by atoms with van der Waals surface area (Å²) in [5.74, 6) is 0.665. The largest absolute Gasteiger partial charge is 0.491 e. The maximum absolute atomic E-state index is 11.8. The molecule has 1 aromatic carbocycles. The standard InChI is InChI=1S/C13H18BrF2NO3/c14-10-2-1-3-12(6-10)20-8-11(18)7-17-4-5-19-9-13(15)16/h1-3,6,11,13,17-18H,4-5,7-9H2. The molecule has 1 unspecified atom stereocenters. The molecule has 0 saturated heterocycles. The highest BCUT2D eigenvalue weighted by Gasteiger charge is 2.05. The van der Waals surface area contributed by atoms with E-state index in [1.165, 1.54) is 0 Å². The van der Waals surface area contributed by atoms with Crippen LogP contribution in [-0.2, 0) is 4.74 Å². The summed E-state index contributed by atoms with van der Waals surface area (Å²) in [6.45, 7) is 0.494. The molecule has 0 aliphatic heterocycles. The average molecular weight is 354 g/mol. The van der Waals surface area contributed by atoms with E-state index in [2.05, 4.69) is 26.0 Å². The molecular formula is C13H18BrF2NO3. The second kappa shape index (κ2) is 10.0. The van der Waals surface area contributed by atoms with Gasteiger partial charge in [0.1, 0.15) is 25.1 Å². The molecule has 0 aromatic heterocycles. The fourth-order valence-electron chi connectivity index (χ4n) is 1.39. The van der Waals surface area contributed by atoms with Crippen LogP contribution >= 0.6 is 15.9 Å². The van der Waals surface area contributed by atoms with E-state index in [4.69, 9.17) is 4.74 Å². The van der Waals surface area contributed by atoms with Gasteiger partial charge in [0.15, 0.2) is 0 Å². The molecule has 1 atom stereocenters.